The van der Waals surface area contributed by atoms with Gasteiger partial charge in [0.25, 0.3) is 10.0 Å². The summed E-state index contributed by atoms with van der Waals surface area (Å²) in [4.78, 5) is 0.136. The number of rotatable bonds is 3. The number of benzene rings is 1. The zero-order valence-electron chi connectivity index (χ0n) is 9.28. The van der Waals surface area contributed by atoms with Gasteiger partial charge in [0.1, 0.15) is 4.90 Å². The van der Waals surface area contributed by atoms with E-state index in [1.54, 1.807) is 18.2 Å². The molecule has 0 spiro atoms. The van der Waals surface area contributed by atoms with Crippen LogP contribution in [0.4, 0.5) is 5.69 Å². The lowest BCUT2D eigenvalue weighted by atomic mass is 10.3. The third kappa shape index (κ3) is 2.83. The molecule has 18 heavy (non-hydrogen) atoms. The number of aliphatic hydroxyl groups excluding tert-OH is 2. The van der Waals surface area contributed by atoms with Gasteiger partial charge in [0.2, 0.25) is 0 Å². The van der Waals surface area contributed by atoms with E-state index in [1.807, 2.05) is 0 Å². The Balaban J connectivity index is 2.20. The highest BCUT2D eigenvalue weighted by atomic mass is 32.2. The Bertz CT molecular complexity index is 571. The normalized spacial score (nSPS) is 18.4. The van der Waals surface area contributed by atoms with Gasteiger partial charge in [0.15, 0.2) is 5.17 Å². The van der Waals surface area contributed by atoms with Crippen LogP contribution in [0.2, 0.25) is 0 Å². The average Bonchev–Trinajstić information content (AvgIpc) is 2.35. The summed E-state index contributed by atoms with van der Waals surface area (Å²) >= 11 is 1.05. The molecule has 0 aliphatic carbocycles. The summed E-state index contributed by atoms with van der Waals surface area (Å²) in [7, 11) is -3.69. The number of hydrogen-bond acceptors (Lipinski definition) is 6. The first-order chi connectivity index (χ1) is 8.53. The minimum Gasteiger partial charge on any atom is -0.394 e. The van der Waals surface area contributed by atoms with Crippen molar-refractivity contribution in [2.75, 3.05) is 17.7 Å². The zero-order valence-corrected chi connectivity index (χ0v) is 10.9. The molecule has 8 heteroatoms. The number of nitrogens with one attached hydrogen (secondary N) is 1. The molecule has 1 aromatic rings. The molecule has 0 bridgehead atoms. The van der Waals surface area contributed by atoms with E-state index in [4.69, 9.17) is 5.11 Å². The van der Waals surface area contributed by atoms with E-state index in [9.17, 15) is 13.5 Å². The predicted octanol–water partition coefficient (Wildman–Crippen LogP) is 0.243. The third-order valence-corrected chi connectivity index (χ3v) is 4.70. The van der Waals surface area contributed by atoms with E-state index in [1.165, 1.54) is 6.07 Å². The number of fused-ring (bicyclic) bond motifs is 1. The van der Waals surface area contributed by atoms with Crippen molar-refractivity contribution in [1.82, 2.24) is 0 Å². The molecular weight excluding hydrogens is 276 g/mol. The fraction of sp³-hybridized carbons (Fsp3) is 0.300. The van der Waals surface area contributed by atoms with Crippen LogP contribution >= 0.6 is 11.8 Å². The van der Waals surface area contributed by atoms with Crippen LogP contribution in [-0.2, 0) is 10.0 Å². The maximum atomic E-state index is 11.8. The van der Waals surface area contributed by atoms with E-state index in [2.05, 4.69) is 9.71 Å². The minimum atomic E-state index is -3.69. The molecule has 0 aromatic heterocycles. The van der Waals surface area contributed by atoms with Gasteiger partial charge in [-0.25, -0.2) is 0 Å². The molecule has 0 saturated carbocycles. The Kier molecular flexibility index (Phi) is 3.91. The summed E-state index contributed by atoms with van der Waals surface area (Å²) in [6.07, 6.45) is -0.903. The van der Waals surface area contributed by atoms with Crippen molar-refractivity contribution < 1.29 is 18.6 Å². The second-order valence-corrected chi connectivity index (χ2v) is 6.22. The lowest BCUT2D eigenvalue weighted by Crippen LogP contribution is -2.22. The van der Waals surface area contributed by atoms with E-state index >= 15 is 0 Å². The first-order valence-corrected chi connectivity index (χ1v) is 7.58. The molecule has 1 atom stereocenters. The summed E-state index contributed by atoms with van der Waals surface area (Å²) in [6.45, 7) is -0.371. The van der Waals surface area contributed by atoms with Gasteiger partial charge in [-0.05, 0) is 12.1 Å². The summed E-state index contributed by atoms with van der Waals surface area (Å²) in [6, 6.07) is 6.47. The van der Waals surface area contributed by atoms with Crippen molar-refractivity contribution in [3.63, 3.8) is 0 Å². The molecule has 1 aliphatic rings. The van der Waals surface area contributed by atoms with E-state index in [0.29, 0.717) is 5.69 Å². The fourth-order valence-corrected chi connectivity index (χ4v) is 3.53. The second-order valence-electron chi connectivity index (χ2n) is 3.64. The van der Waals surface area contributed by atoms with Crippen molar-refractivity contribution in [3.05, 3.63) is 24.3 Å². The molecular formula is C10H12N2O4S2. The smallest absolute Gasteiger partial charge is 0.286 e. The Morgan fingerprint density at radius 1 is 1.39 bits per heavy atom. The standard InChI is InChI=1S/C10H12N2O4S2/c13-5-7(14)6-17-10-11-8-3-1-2-4-9(8)18(15,16)12-10/h1-4,7,13-14H,5-6H2,(H,11,12). The minimum absolute atomic E-state index is 0.136. The number of para-hydroxylation sites is 1. The summed E-state index contributed by atoms with van der Waals surface area (Å²) in [5.74, 6) is 0.167. The van der Waals surface area contributed by atoms with Crippen LogP contribution < -0.4 is 5.32 Å². The first kappa shape index (κ1) is 13.3. The van der Waals surface area contributed by atoms with Crippen LogP contribution in [-0.4, -0.2) is 42.3 Å². The second kappa shape index (κ2) is 5.27. The van der Waals surface area contributed by atoms with Gasteiger partial charge < -0.3 is 15.5 Å². The lowest BCUT2D eigenvalue weighted by molar-refractivity contribution is 0.114. The quantitative estimate of drug-likeness (QED) is 0.737. The van der Waals surface area contributed by atoms with Crippen LogP contribution in [0, 0.1) is 0 Å². The topological polar surface area (TPSA) is 99.0 Å². The number of sulfonamides is 1. The van der Waals surface area contributed by atoms with Gasteiger partial charge in [0.05, 0.1) is 18.4 Å². The van der Waals surface area contributed by atoms with Crippen LogP contribution in [0.5, 0.6) is 0 Å². The number of amidine groups is 1. The zero-order chi connectivity index (χ0) is 13.2. The molecule has 1 aliphatic heterocycles. The highest BCUT2D eigenvalue weighted by Crippen LogP contribution is 2.28. The summed E-state index contributed by atoms with van der Waals surface area (Å²) in [5, 5.41) is 21.0. The number of hydrogen-bond donors (Lipinski definition) is 3. The van der Waals surface area contributed by atoms with Gasteiger partial charge in [-0.3, -0.25) is 0 Å². The number of anilines is 1. The molecule has 1 heterocycles. The van der Waals surface area contributed by atoms with Crippen LogP contribution in [0.15, 0.2) is 33.6 Å². The molecule has 2 rings (SSSR count). The molecule has 98 valence electrons. The number of aliphatic hydroxyl groups is 2. The lowest BCUT2D eigenvalue weighted by Gasteiger charge is -2.17. The van der Waals surface area contributed by atoms with E-state index < -0.39 is 16.1 Å². The van der Waals surface area contributed by atoms with E-state index in [0.717, 1.165) is 11.8 Å². The van der Waals surface area contributed by atoms with Gasteiger partial charge in [-0.1, -0.05) is 23.9 Å². The van der Waals surface area contributed by atoms with Crippen LogP contribution in [0.25, 0.3) is 0 Å². The molecule has 3 N–H and O–H groups in total. The van der Waals surface area contributed by atoms with Crippen LogP contribution in [0.3, 0.4) is 0 Å². The number of thioether (sulfide) groups is 1. The Morgan fingerprint density at radius 3 is 2.83 bits per heavy atom. The van der Waals surface area contributed by atoms with Crippen molar-refractivity contribution in [3.8, 4) is 0 Å². The van der Waals surface area contributed by atoms with Crippen molar-refractivity contribution in [2.24, 2.45) is 4.40 Å². The Morgan fingerprint density at radius 2 is 2.11 bits per heavy atom. The highest BCUT2D eigenvalue weighted by Gasteiger charge is 2.24. The SMILES string of the molecule is O=S1(=O)N=C(SCC(O)CO)Nc2ccccc21. The number of nitrogens with zero attached hydrogens (tertiary/aromatic N) is 1. The molecule has 0 amide bonds. The fourth-order valence-electron chi connectivity index (χ4n) is 1.38. The molecule has 1 aromatic carbocycles. The average molecular weight is 288 g/mol. The van der Waals surface area contributed by atoms with Crippen LogP contribution in [0.1, 0.15) is 0 Å². The van der Waals surface area contributed by atoms with Crippen molar-refractivity contribution in [2.45, 2.75) is 11.0 Å². The summed E-state index contributed by atoms with van der Waals surface area (Å²) < 4.78 is 27.3. The van der Waals surface area contributed by atoms with Gasteiger partial charge in [0, 0.05) is 5.75 Å². The molecule has 6 nitrogen and oxygen atoms in total. The molecule has 0 radical (unpaired) electrons. The van der Waals surface area contributed by atoms with Crippen molar-refractivity contribution in [1.29, 1.82) is 0 Å². The predicted molar refractivity (Wildman–Crippen MR) is 70.2 cm³/mol. The maximum absolute atomic E-state index is 11.8. The molecule has 1 unspecified atom stereocenters. The van der Waals surface area contributed by atoms with E-state index in [-0.39, 0.29) is 22.4 Å². The van der Waals surface area contributed by atoms with Gasteiger partial charge >= 0.3 is 0 Å². The van der Waals surface area contributed by atoms with Gasteiger partial charge in [-0.2, -0.15) is 8.42 Å². The Labute approximate surface area is 109 Å². The first-order valence-electron chi connectivity index (χ1n) is 5.15. The largest absolute Gasteiger partial charge is 0.394 e. The third-order valence-electron chi connectivity index (χ3n) is 2.23. The van der Waals surface area contributed by atoms with Gasteiger partial charge in [-0.15, -0.1) is 4.40 Å². The van der Waals surface area contributed by atoms with Crippen molar-refractivity contribution >= 4 is 32.6 Å². The Hall–Kier alpha value is -1.09. The maximum Gasteiger partial charge on any atom is 0.286 e. The molecule has 0 fully saturated rings. The highest BCUT2D eigenvalue weighted by molar-refractivity contribution is 8.14. The monoisotopic (exact) mass is 288 g/mol. The summed E-state index contributed by atoms with van der Waals surface area (Å²) in [5.41, 5.74) is 0.466. The molecule has 0 saturated heterocycles.